The molecule has 4 nitrogen and oxygen atoms in total. The number of fused-ring (bicyclic) bond motifs is 1. The first-order valence-electron chi connectivity index (χ1n) is 8.46. The number of likely N-dealkylation sites (tertiary alicyclic amines) is 1. The van der Waals surface area contributed by atoms with Crippen molar-refractivity contribution in [1.82, 2.24) is 9.88 Å². The van der Waals surface area contributed by atoms with Crippen LogP contribution in [0.4, 0.5) is 0 Å². The summed E-state index contributed by atoms with van der Waals surface area (Å²) in [6, 6.07) is 8.64. The first-order valence-corrected chi connectivity index (χ1v) is 8.46. The van der Waals surface area contributed by atoms with Gasteiger partial charge in [0.05, 0.1) is 6.10 Å². The highest BCUT2D eigenvalue weighted by atomic mass is 16.5. The van der Waals surface area contributed by atoms with E-state index in [1.165, 1.54) is 0 Å². The molecule has 4 rings (SSSR count). The number of aromatic nitrogens is 1. The SMILES string of the molecule is OC1CCCC1N1CCC(Oc2cccc3[nH]ccc23)CC1. The Kier molecular flexibility index (Phi) is 3.80. The minimum Gasteiger partial charge on any atom is -0.490 e. The van der Waals surface area contributed by atoms with Crippen molar-refractivity contribution in [3.05, 3.63) is 30.5 Å². The van der Waals surface area contributed by atoms with E-state index < -0.39 is 0 Å². The van der Waals surface area contributed by atoms with E-state index in [1.54, 1.807) is 0 Å². The van der Waals surface area contributed by atoms with E-state index >= 15 is 0 Å². The minimum absolute atomic E-state index is 0.119. The summed E-state index contributed by atoms with van der Waals surface area (Å²) in [5.41, 5.74) is 1.13. The normalized spacial score (nSPS) is 27.5. The van der Waals surface area contributed by atoms with Gasteiger partial charge in [-0.15, -0.1) is 0 Å². The highest BCUT2D eigenvalue weighted by Gasteiger charge is 2.33. The fraction of sp³-hybridized carbons (Fsp3) is 0.556. The molecule has 4 heteroatoms. The van der Waals surface area contributed by atoms with E-state index in [1.807, 2.05) is 12.3 Å². The number of ether oxygens (including phenoxy) is 1. The number of H-pyrrole nitrogens is 1. The zero-order valence-corrected chi connectivity index (χ0v) is 12.9. The highest BCUT2D eigenvalue weighted by molar-refractivity contribution is 5.85. The summed E-state index contributed by atoms with van der Waals surface area (Å²) >= 11 is 0. The fourth-order valence-corrected chi connectivity index (χ4v) is 4.01. The van der Waals surface area contributed by atoms with Gasteiger partial charge in [-0.1, -0.05) is 6.07 Å². The molecule has 2 aliphatic rings. The van der Waals surface area contributed by atoms with Gasteiger partial charge in [0.15, 0.2) is 0 Å². The molecule has 2 heterocycles. The molecule has 1 saturated heterocycles. The van der Waals surface area contributed by atoms with Crippen LogP contribution in [0.15, 0.2) is 30.5 Å². The number of hydrogen-bond acceptors (Lipinski definition) is 3. The van der Waals surface area contributed by atoms with Crippen molar-refractivity contribution in [3.8, 4) is 5.75 Å². The summed E-state index contributed by atoms with van der Waals surface area (Å²) < 4.78 is 6.26. The monoisotopic (exact) mass is 300 g/mol. The number of aliphatic hydroxyl groups excluding tert-OH is 1. The first-order chi connectivity index (χ1) is 10.8. The number of rotatable bonds is 3. The number of nitrogens with one attached hydrogen (secondary N) is 1. The molecule has 22 heavy (non-hydrogen) atoms. The molecule has 2 atom stereocenters. The highest BCUT2D eigenvalue weighted by Crippen LogP contribution is 2.30. The summed E-state index contributed by atoms with van der Waals surface area (Å²) in [5, 5.41) is 11.2. The van der Waals surface area contributed by atoms with Gasteiger partial charge in [0.25, 0.3) is 0 Å². The van der Waals surface area contributed by atoms with Crippen LogP contribution in [0.1, 0.15) is 32.1 Å². The predicted octanol–water partition coefficient (Wildman–Crippen LogP) is 2.92. The minimum atomic E-state index is -0.119. The summed E-state index contributed by atoms with van der Waals surface area (Å²) in [7, 11) is 0. The molecule has 1 aliphatic carbocycles. The Bertz CT molecular complexity index is 631. The second-order valence-corrected chi connectivity index (χ2v) is 6.61. The third-order valence-corrected chi connectivity index (χ3v) is 5.24. The average Bonchev–Trinajstić information content (AvgIpc) is 3.17. The van der Waals surface area contributed by atoms with Gasteiger partial charge in [0.2, 0.25) is 0 Å². The van der Waals surface area contributed by atoms with Crippen molar-refractivity contribution in [2.75, 3.05) is 13.1 Å². The van der Waals surface area contributed by atoms with Crippen molar-refractivity contribution < 1.29 is 9.84 Å². The Balaban J connectivity index is 1.39. The van der Waals surface area contributed by atoms with Crippen LogP contribution >= 0.6 is 0 Å². The third kappa shape index (κ3) is 2.61. The maximum atomic E-state index is 10.1. The van der Waals surface area contributed by atoms with E-state index in [9.17, 15) is 5.11 Å². The lowest BCUT2D eigenvalue weighted by Gasteiger charge is -2.37. The largest absolute Gasteiger partial charge is 0.490 e. The van der Waals surface area contributed by atoms with E-state index in [-0.39, 0.29) is 12.2 Å². The molecule has 1 saturated carbocycles. The Morgan fingerprint density at radius 2 is 1.95 bits per heavy atom. The standard InChI is InChI=1S/C18H24N2O2/c21-17-5-2-4-16(17)20-11-8-13(9-12-20)22-18-6-1-3-15-14(18)7-10-19-15/h1,3,6-7,10,13,16-17,19,21H,2,4-5,8-9,11-12H2. The van der Waals surface area contributed by atoms with Crippen molar-refractivity contribution >= 4 is 10.9 Å². The summed E-state index contributed by atoms with van der Waals surface area (Å²) in [6.07, 6.45) is 7.50. The Morgan fingerprint density at radius 3 is 2.73 bits per heavy atom. The van der Waals surface area contributed by atoms with Crippen LogP contribution < -0.4 is 4.74 Å². The molecule has 0 bridgehead atoms. The number of hydrogen-bond donors (Lipinski definition) is 2. The van der Waals surface area contributed by atoms with E-state index in [0.717, 1.165) is 61.8 Å². The molecule has 2 unspecified atom stereocenters. The molecule has 1 aliphatic heterocycles. The van der Waals surface area contributed by atoms with Crippen LogP contribution in [-0.4, -0.2) is 46.3 Å². The molecule has 118 valence electrons. The summed E-state index contributed by atoms with van der Waals surface area (Å²) in [6.45, 7) is 2.07. The van der Waals surface area contributed by atoms with Crippen LogP contribution in [-0.2, 0) is 0 Å². The molecular weight excluding hydrogens is 276 g/mol. The molecular formula is C18H24N2O2. The quantitative estimate of drug-likeness (QED) is 0.916. The van der Waals surface area contributed by atoms with Crippen LogP contribution in [0.3, 0.4) is 0 Å². The maximum absolute atomic E-state index is 10.1. The lowest BCUT2D eigenvalue weighted by molar-refractivity contribution is 0.0289. The number of aromatic amines is 1. The Morgan fingerprint density at radius 1 is 1.09 bits per heavy atom. The number of benzene rings is 1. The topological polar surface area (TPSA) is 48.5 Å². The van der Waals surface area contributed by atoms with Gasteiger partial charge in [0, 0.05) is 36.2 Å². The van der Waals surface area contributed by atoms with Crippen molar-refractivity contribution in [3.63, 3.8) is 0 Å². The molecule has 0 spiro atoms. The van der Waals surface area contributed by atoms with Crippen molar-refractivity contribution in [2.45, 2.75) is 50.4 Å². The molecule has 0 amide bonds. The summed E-state index contributed by atoms with van der Waals surface area (Å²) in [5.74, 6) is 0.984. The number of piperidine rings is 1. The van der Waals surface area contributed by atoms with Crippen LogP contribution in [0.25, 0.3) is 10.9 Å². The average molecular weight is 300 g/mol. The second-order valence-electron chi connectivity index (χ2n) is 6.61. The Hall–Kier alpha value is -1.52. The van der Waals surface area contributed by atoms with E-state index in [2.05, 4.69) is 28.1 Å². The number of nitrogens with zero attached hydrogens (tertiary/aromatic N) is 1. The lowest BCUT2D eigenvalue weighted by Crippen LogP contribution is -2.47. The zero-order chi connectivity index (χ0) is 14.9. The van der Waals surface area contributed by atoms with E-state index in [0.29, 0.717) is 6.04 Å². The molecule has 2 N–H and O–H groups in total. The maximum Gasteiger partial charge on any atom is 0.129 e. The van der Waals surface area contributed by atoms with E-state index in [4.69, 9.17) is 4.74 Å². The molecule has 1 aromatic heterocycles. The van der Waals surface area contributed by atoms with Gasteiger partial charge < -0.3 is 14.8 Å². The Labute approximate surface area is 131 Å². The second kappa shape index (κ2) is 5.94. The lowest BCUT2D eigenvalue weighted by atomic mass is 10.0. The van der Waals surface area contributed by atoms with Crippen LogP contribution in [0.5, 0.6) is 5.75 Å². The molecule has 0 radical (unpaired) electrons. The smallest absolute Gasteiger partial charge is 0.129 e. The first kappa shape index (κ1) is 14.1. The summed E-state index contributed by atoms with van der Waals surface area (Å²) in [4.78, 5) is 5.70. The molecule has 1 aromatic carbocycles. The van der Waals surface area contributed by atoms with Crippen molar-refractivity contribution in [2.24, 2.45) is 0 Å². The molecule has 2 fully saturated rings. The third-order valence-electron chi connectivity index (χ3n) is 5.24. The predicted molar refractivity (Wildman–Crippen MR) is 87.2 cm³/mol. The van der Waals surface area contributed by atoms with Gasteiger partial charge in [-0.25, -0.2) is 0 Å². The van der Waals surface area contributed by atoms with Gasteiger partial charge in [-0.05, 0) is 50.3 Å². The van der Waals surface area contributed by atoms with Gasteiger partial charge >= 0.3 is 0 Å². The number of aliphatic hydroxyl groups is 1. The molecule has 2 aromatic rings. The zero-order valence-electron chi connectivity index (χ0n) is 12.9. The van der Waals surface area contributed by atoms with Crippen LogP contribution in [0, 0.1) is 0 Å². The van der Waals surface area contributed by atoms with Gasteiger partial charge in [-0.2, -0.15) is 0 Å². The van der Waals surface area contributed by atoms with Gasteiger partial charge in [-0.3, -0.25) is 4.90 Å². The fourth-order valence-electron chi connectivity index (χ4n) is 4.01. The van der Waals surface area contributed by atoms with Gasteiger partial charge in [0.1, 0.15) is 11.9 Å². The van der Waals surface area contributed by atoms with Crippen molar-refractivity contribution in [1.29, 1.82) is 0 Å². The van der Waals surface area contributed by atoms with Crippen LogP contribution in [0.2, 0.25) is 0 Å².